The van der Waals surface area contributed by atoms with Gasteiger partial charge < -0.3 is 5.73 Å². The number of hydrogen-bond acceptors (Lipinski definition) is 1. The van der Waals surface area contributed by atoms with Gasteiger partial charge in [0.2, 0.25) is 0 Å². The van der Waals surface area contributed by atoms with Crippen LogP contribution in [0.3, 0.4) is 0 Å². The highest BCUT2D eigenvalue weighted by molar-refractivity contribution is 4.83. The van der Waals surface area contributed by atoms with E-state index in [1.54, 1.807) is 0 Å². The molecule has 1 aliphatic carbocycles. The van der Waals surface area contributed by atoms with Crippen LogP contribution in [0.2, 0.25) is 0 Å². The Labute approximate surface area is 65.0 Å². The van der Waals surface area contributed by atoms with E-state index in [1.807, 2.05) is 13.8 Å². The summed E-state index contributed by atoms with van der Waals surface area (Å²) in [5.41, 5.74) is 6.25. The van der Waals surface area contributed by atoms with Crippen LogP contribution < -0.4 is 5.73 Å². The average molecular weight is 143 g/mol. The molecule has 1 fully saturated rings. The predicted octanol–water partition coefficient (Wildman–Crippen LogP) is 2.55. The number of rotatable bonds is 0. The summed E-state index contributed by atoms with van der Waals surface area (Å²) in [4.78, 5) is 0. The summed E-state index contributed by atoms with van der Waals surface area (Å²) in [5, 5.41) is 0. The number of nitrogens with two attached hydrogens (primary N) is 1. The van der Waals surface area contributed by atoms with Gasteiger partial charge >= 0.3 is 0 Å². The van der Waals surface area contributed by atoms with Crippen molar-refractivity contribution in [3.63, 3.8) is 0 Å². The third-order valence-corrected chi connectivity index (χ3v) is 2.01. The molecule has 0 amide bonds. The van der Waals surface area contributed by atoms with Crippen LogP contribution >= 0.6 is 0 Å². The molecule has 1 nitrogen and oxygen atoms in total. The third-order valence-electron chi connectivity index (χ3n) is 2.01. The molecule has 0 heterocycles. The molecule has 1 atom stereocenters. The lowest BCUT2D eigenvalue weighted by Crippen LogP contribution is -2.16. The smallest absolute Gasteiger partial charge is 0.00441 e. The van der Waals surface area contributed by atoms with Gasteiger partial charge in [0.25, 0.3) is 0 Å². The topological polar surface area (TPSA) is 26.0 Å². The quantitative estimate of drug-likeness (QED) is 0.554. The molecule has 1 aliphatic rings. The van der Waals surface area contributed by atoms with Crippen molar-refractivity contribution in [1.82, 2.24) is 0 Å². The van der Waals surface area contributed by atoms with E-state index in [2.05, 4.69) is 13.8 Å². The second kappa shape index (κ2) is 3.97. The van der Waals surface area contributed by atoms with Crippen LogP contribution in [0.25, 0.3) is 0 Å². The first-order valence-corrected chi connectivity index (χ1v) is 4.36. The first-order chi connectivity index (χ1) is 4.60. The maximum atomic E-state index is 5.71. The lowest BCUT2D eigenvalue weighted by molar-refractivity contribution is 0.376. The van der Waals surface area contributed by atoms with E-state index in [9.17, 15) is 0 Å². The molecular formula is C9H21N. The molecule has 10 heavy (non-hydrogen) atoms. The molecule has 0 aromatic rings. The fourth-order valence-corrected chi connectivity index (χ4v) is 1.49. The lowest BCUT2D eigenvalue weighted by atomic mass is 9.92. The van der Waals surface area contributed by atoms with Crippen molar-refractivity contribution in [3.8, 4) is 0 Å². The van der Waals surface area contributed by atoms with Crippen molar-refractivity contribution in [2.24, 2.45) is 11.1 Å². The van der Waals surface area contributed by atoms with Crippen LogP contribution in [0.15, 0.2) is 0 Å². The first kappa shape index (κ1) is 9.96. The Morgan fingerprint density at radius 1 is 1.30 bits per heavy atom. The van der Waals surface area contributed by atoms with Crippen molar-refractivity contribution in [1.29, 1.82) is 0 Å². The van der Waals surface area contributed by atoms with E-state index in [-0.39, 0.29) is 0 Å². The first-order valence-electron chi connectivity index (χ1n) is 4.36. The van der Waals surface area contributed by atoms with Gasteiger partial charge in [0.05, 0.1) is 0 Å². The second-order valence-electron chi connectivity index (χ2n) is 3.67. The zero-order valence-corrected chi connectivity index (χ0v) is 7.78. The molecule has 0 aromatic heterocycles. The molecule has 1 saturated carbocycles. The summed E-state index contributed by atoms with van der Waals surface area (Å²) in [6.07, 6.45) is 3.76. The summed E-state index contributed by atoms with van der Waals surface area (Å²) >= 11 is 0. The molecule has 0 spiro atoms. The van der Waals surface area contributed by atoms with Gasteiger partial charge in [0, 0.05) is 6.04 Å². The molecule has 1 heteroatoms. The van der Waals surface area contributed by atoms with E-state index in [0.29, 0.717) is 11.5 Å². The normalized spacial score (nSPS) is 29.1. The molecular weight excluding hydrogens is 122 g/mol. The van der Waals surface area contributed by atoms with Crippen LogP contribution in [-0.4, -0.2) is 6.04 Å². The van der Waals surface area contributed by atoms with E-state index >= 15 is 0 Å². The monoisotopic (exact) mass is 143 g/mol. The van der Waals surface area contributed by atoms with Crippen molar-refractivity contribution in [2.75, 3.05) is 0 Å². The summed E-state index contributed by atoms with van der Waals surface area (Å²) < 4.78 is 0. The van der Waals surface area contributed by atoms with Gasteiger partial charge in [-0.3, -0.25) is 0 Å². The van der Waals surface area contributed by atoms with E-state index < -0.39 is 0 Å². The highest BCUT2D eigenvalue weighted by Gasteiger charge is 2.27. The van der Waals surface area contributed by atoms with E-state index in [0.717, 1.165) is 0 Å². The highest BCUT2D eigenvalue weighted by Crippen LogP contribution is 2.35. The lowest BCUT2D eigenvalue weighted by Gasteiger charge is -2.14. The Balaban J connectivity index is 0.000000371. The largest absolute Gasteiger partial charge is 0.328 e. The van der Waals surface area contributed by atoms with Gasteiger partial charge in [-0.25, -0.2) is 0 Å². The van der Waals surface area contributed by atoms with Crippen LogP contribution in [0.1, 0.15) is 47.0 Å². The third kappa shape index (κ3) is 3.21. The fourth-order valence-electron chi connectivity index (χ4n) is 1.49. The van der Waals surface area contributed by atoms with Crippen molar-refractivity contribution in [3.05, 3.63) is 0 Å². The predicted molar refractivity (Wildman–Crippen MR) is 47.0 cm³/mol. The summed E-state index contributed by atoms with van der Waals surface area (Å²) in [5.74, 6) is 0. The summed E-state index contributed by atoms with van der Waals surface area (Å²) in [7, 11) is 0. The Kier molecular flexibility index (Phi) is 3.95. The Morgan fingerprint density at radius 3 is 1.90 bits per heavy atom. The molecule has 0 aliphatic heterocycles. The van der Waals surface area contributed by atoms with Gasteiger partial charge in [-0.2, -0.15) is 0 Å². The molecule has 1 rings (SSSR count). The Morgan fingerprint density at radius 2 is 1.80 bits per heavy atom. The maximum absolute atomic E-state index is 5.71. The SMILES string of the molecule is CC.CC1(C)CCC(N)C1. The van der Waals surface area contributed by atoms with E-state index in [4.69, 9.17) is 5.73 Å². The van der Waals surface area contributed by atoms with Crippen LogP contribution in [0, 0.1) is 5.41 Å². The standard InChI is InChI=1S/C7H15N.C2H6/c1-7(2)4-3-6(8)5-7;1-2/h6H,3-5,8H2,1-2H3;1-2H3. The zero-order valence-electron chi connectivity index (χ0n) is 7.78. The van der Waals surface area contributed by atoms with Crippen LogP contribution in [0.5, 0.6) is 0 Å². The molecule has 0 saturated heterocycles. The van der Waals surface area contributed by atoms with Gasteiger partial charge in [0.15, 0.2) is 0 Å². The Hall–Kier alpha value is -0.0400. The minimum absolute atomic E-state index is 0.491. The van der Waals surface area contributed by atoms with Gasteiger partial charge in [-0.15, -0.1) is 0 Å². The highest BCUT2D eigenvalue weighted by atomic mass is 14.7. The van der Waals surface area contributed by atoms with Gasteiger partial charge in [0.1, 0.15) is 0 Å². The van der Waals surface area contributed by atoms with Crippen molar-refractivity contribution >= 4 is 0 Å². The average Bonchev–Trinajstić information content (AvgIpc) is 2.15. The molecule has 2 N–H and O–H groups in total. The minimum Gasteiger partial charge on any atom is -0.328 e. The molecule has 0 aromatic carbocycles. The summed E-state index contributed by atoms with van der Waals surface area (Å²) in [6, 6.07) is 0.491. The summed E-state index contributed by atoms with van der Waals surface area (Å²) in [6.45, 7) is 8.58. The van der Waals surface area contributed by atoms with Gasteiger partial charge in [-0.1, -0.05) is 27.7 Å². The number of hydrogen-bond donors (Lipinski definition) is 1. The fraction of sp³-hybridized carbons (Fsp3) is 1.00. The maximum Gasteiger partial charge on any atom is 0.00441 e. The zero-order chi connectivity index (χ0) is 8.20. The van der Waals surface area contributed by atoms with Crippen molar-refractivity contribution < 1.29 is 0 Å². The molecule has 0 radical (unpaired) electrons. The minimum atomic E-state index is 0.491. The second-order valence-corrected chi connectivity index (χ2v) is 3.67. The van der Waals surface area contributed by atoms with Crippen LogP contribution in [-0.2, 0) is 0 Å². The van der Waals surface area contributed by atoms with Crippen molar-refractivity contribution in [2.45, 2.75) is 53.0 Å². The van der Waals surface area contributed by atoms with E-state index in [1.165, 1.54) is 19.3 Å². The molecule has 62 valence electrons. The van der Waals surface area contributed by atoms with Crippen LogP contribution in [0.4, 0.5) is 0 Å². The molecule has 1 unspecified atom stereocenters. The molecule has 0 bridgehead atoms. The Bertz CT molecular complexity index is 86.7. The van der Waals surface area contributed by atoms with Gasteiger partial charge in [-0.05, 0) is 24.7 Å².